The Hall–Kier alpha value is -1.13. The molecule has 0 radical (unpaired) electrons. The predicted molar refractivity (Wildman–Crippen MR) is 77.6 cm³/mol. The summed E-state index contributed by atoms with van der Waals surface area (Å²) in [6.07, 6.45) is 7.67. The maximum absolute atomic E-state index is 9.71. The second kappa shape index (κ2) is 5.34. The van der Waals surface area contributed by atoms with Gasteiger partial charge in [-0.25, -0.2) is 4.98 Å². The van der Waals surface area contributed by atoms with E-state index in [-0.39, 0.29) is 16.9 Å². The highest BCUT2D eigenvalue weighted by Gasteiger charge is 2.48. The van der Waals surface area contributed by atoms with Crippen molar-refractivity contribution in [3.8, 4) is 5.88 Å². The van der Waals surface area contributed by atoms with Crippen molar-refractivity contribution < 1.29 is 9.84 Å². The van der Waals surface area contributed by atoms with Crippen LogP contribution in [0.15, 0.2) is 18.2 Å². The van der Waals surface area contributed by atoms with E-state index in [1.54, 1.807) is 6.07 Å². The number of nitrogens with zero attached hydrogens (tertiary/aromatic N) is 1. The van der Waals surface area contributed by atoms with E-state index < -0.39 is 0 Å². The average Bonchev–Trinajstić information content (AvgIpc) is 2.87. The van der Waals surface area contributed by atoms with Gasteiger partial charge in [-0.1, -0.05) is 18.9 Å². The van der Waals surface area contributed by atoms with Gasteiger partial charge < -0.3 is 15.6 Å². The smallest absolute Gasteiger partial charge is 0.210 e. The van der Waals surface area contributed by atoms with Gasteiger partial charge in [0.15, 0.2) is 0 Å². The standard InChI is InChI=1S/C16H24N2O2/c17-10-8-15(13-4-3-5-14(19)18-13)9-11-20-16(12-15)6-1-2-7-16/h3-5H,1-2,6-12,17H2,(H,18,19). The number of hydrogen-bond donors (Lipinski definition) is 2. The van der Waals surface area contributed by atoms with E-state index in [1.807, 2.05) is 12.1 Å². The zero-order chi connectivity index (χ0) is 14.1. The molecule has 1 aromatic heterocycles. The lowest BCUT2D eigenvalue weighted by molar-refractivity contribution is -0.104. The van der Waals surface area contributed by atoms with E-state index in [1.165, 1.54) is 12.8 Å². The quantitative estimate of drug-likeness (QED) is 0.890. The molecule has 110 valence electrons. The molecule has 1 aliphatic heterocycles. The average molecular weight is 276 g/mol. The molecule has 1 aliphatic carbocycles. The van der Waals surface area contributed by atoms with Crippen LogP contribution >= 0.6 is 0 Å². The Morgan fingerprint density at radius 2 is 2.05 bits per heavy atom. The monoisotopic (exact) mass is 276 g/mol. The van der Waals surface area contributed by atoms with Gasteiger partial charge in [-0.3, -0.25) is 0 Å². The molecule has 1 unspecified atom stereocenters. The summed E-state index contributed by atoms with van der Waals surface area (Å²) in [5.74, 6) is 0.103. The third kappa shape index (κ3) is 2.42. The van der Waals surface area contributed by atoms with Crippen LogP contribution in [-0.2, 0) is 10.2 Å². The summed E-state index contributed by atoms with van der Waals surface area (Å²) < 4.78 is 6.15. The molecule has 1 saturated heterocycles. The Balaban J connectivity index is 1.94. The highest BCUT2D eigenvalue weighted by molar-refractivity contribution is 5.24. The molecule has 0 amide bonds. The Kier molecular flexibility index (Phi) is 3.69. The van der Waals surface area contributed by atoms with Gasteiger partial charge in [0, 0.05) is 18.1 Å². The van der Waals surface area contributed by atoms with Gasteiger partial charge in [0.2, 0.25) is 5.88 Å². The molecule has 3 rings (SSSR count). The third-order valence-corrected chi connectivity index (χ3v) is 5.06. The van der Waals surface area contributed by atoms with E-state index in [9.17, 15) is 5.11 Å². The minimum absolute atomic E-state index is 0.0283. The Bertz CT molecular complexity index is 467. The Morgan fingerprint density at radius 3 is 2.75 bits per heavy atom. The summed E-state index contributed by atoms with van der Waals surface area (Å²) >= 11 is 0. The van der Waals surface area contributed by atoms with Gasteiger partial charge >= 0.3 is 0 Å². The molecule has 0 aromatic carbocycles. The van der Waals surface area contributed by atoms with Crippen molar-refractivity contribution in [3.05, 3.63) is 23.9 Å². The lowest BCUT2D eigenvalue weighted by atomic mass is 9.68. The molecule has 1 saturated carbocycles. The van der Waals surface area contributed by atoms with Gasteiger partial charge in [0.1, 0.15) is 0 Å². The molecule has 0 bridgehead atoms. The van der Waals surface area contributed by atoms with Gasteiger partial charge in [-0.15, -0.1) is 0 Å². The maximum Gasteiger partial charge on any atom is 0.210 e. The molecule has 1 atom stereocenters. The molecular formula is C16H24N2O2. The minimum atomic E-state index is -0.0317. The molecule has 2 fully saturated rings. The first kappa shape index (κ1) is 13.8. The van der Waals surface area contributed by atoms with Crippen LogP contribution in [0.2, 0.25) is 0 Å². The minimum Gasteiger partial charge on any atom is -0.493 e. The second-order valence-corrected chi connectivity index (χ2v) is 6.37. The lowest BCUT2D eigenvalue weighted by Gasteiger charge is -2.46. The zero-order valence-electron chi connectivity index (χ0n) is 12.0. The summed E-state index contributed by atoms with van der Waals surface area (Å²) in [7, 11) is 0. The van der Waals surface area contributed by atoms with Crippen LogP contribution in [0.25, 0.3) is 0 Å². The van der Waals surface area contributed by atoms with Gasteiger partial charge in [0.05, 0.1) is 11.3 Å². The summed E-state index contributed by atoms with van der Waals surface area (Å²) in [5, 5.41) is 9.71. The van der Waals surface area contributed by atoms with Crippen molar-refractivity contribution >= 4 is 0 Å². The summed E-state index contributed by atoms with van der Waals surface area (Å²) in [6.45, 7) is 1.42. The number of hydrogen-bond acceptors (Lipinski definition) is 4. The molecule has 2 heterocycles. The maximum atomic E-state index is 9.71. The molecule has 3 N–H and O–H groups in total. The van der Waals surface area contributed by atoms with E-state index in [2.05, 4.69) is 4.98 Å². The van der Waals surface area contributed by atoms with E-state index in [0.29, 0.717) is 6.54 Å². The number of pyridine rings is 1. The first-order chi connectivity index (χ1) is 9.68. The lowest BCUT2D eigenvalue weighted by Crippen LogP contribution is -2.47. The molecule has 1 spiro atoms. The first-order valence-corrected chi connectivity index (χ1v) is 7.69. The van der Waals surface area contributed by atoms with Crippen LogP contribution in [0.5, 0.6) is 5.88 Å². The highest BCUT2D eigenvalue weighted by Crippen LogP contribution is 2.49. The summed E-state index contributed by atoms with van der Waals surface area (Å²) in [6, 6.07) is 5.54. The summed E-state index contributed by atoms with van der Waals surface area (Å²) in [5.41, 5.74) is 6.86. The van der Waals surface area contributed by atoms with Gasteiger partial charge in [-0.2, -0.15) is 0 Å². The molecular weight excluding hydrogens is 252 g/mol. The molecule has 2 aliphatic rings. The molecule has 20 heavy (non-hydrogen) atoms. The van der Waals surface area contributed by atoms with Crippen molar-refractivity contribution in [3.63, 3.8) is 0 Å². The highest BCUT2D eigenvalue weighted by atomic mass is 16.5. The third-order valence-electron chi connectivity index (χ3n) is 5.06. The van der Waals surface area contributed by atoms with E-state index in [0.717, 1.165) is 44.4 Å². The van der Waals surface area contributed by atoms with Crippen LogP contribution in [-0.4, -0.2) is 28.8 Å². The number of nitrogens with two attached hydrogens (primary N) is 1. The van der Waals surface area contributed by atoms with E-state index >= 15 is 0 Å². The normalized spacial score (nSPS) is 28.9. The fraction of sp³-hybridized carbons (Fsp3) is 0.688. The summed E-state index contributed by atoms with van der Waals surface area (Å²) in [4.78, 5) is 4.39. The predicted octanol–water partition coefficient (Wildman–Crippen LogP) is 2.50. The first-order valence-electron chi connectivity index (χ1n) is 7.69. The van der Waals surface area contributed by atoms with Crippen LogP contribution in [0.3, 0.4) is 0 Å². The van der Waals surface area contributed by atoms with Crippen LogP contribution in [0.4, 0.5) is 0 Å². The zero-order valence-corrected chi connectivity index (χ0v) is 12.0. The van der Waals surface area contributed by atoms with Crippen molar-refractivity contribution in [2.75, 3.05) is 13.2 Å². The Morgan fingerprint density at radius 1 is 1.25 bits per heavy atom. The van der Waals surface area contributed by atoms with Crippen molar-refractivity contribution in [2.24, 2.45) is 5.73 Å². The van der Waals surface area contributed by atoms with Gasteiger partial charge in [-0.05, 0) is 44.7 Å². The van der Waals surface area contributed by atoms with Crippen molar-refractivity contribution in [2.45, 2.75) is 56.0 Å². The van der Waals surface area contributed by atoms with Crippen LogP contribution in [0.1, 0.15) is 50.6 Å². The largest absolute Gasteiger partial charge is 0.493 e. The second-order valence-electron chi connectivity index (χ2n) is 6.37. The number of ether oxygens (including phenoxy) is 1. The van der Waals surface area contributed by atoms with Crippen LogP contribution in [0, 0.1) is 0 Å². The van der Waals surface area contributed by atoms with Gasteiger partial charge in [0.25, 0.3) is 0 Å². The number of aromatic hydroxyl groups is 1. The number of rotatable bonds is 3. The van der Waals surface area contributed by atoms with Crippen molar-refractivity contribution in [1.29, 1.82) is 0 Å². The fourth-order valence-corrected chi connectivity index (χ4v) is 4.11. The molecule has 4 nitrogen and oxygen atoms in total. The fourth-order valence-electron chi connectivity index (χ4n) is 4.11. The van der Waals surface area contributed by atoms with E-state index in [4.69, 9.17) is 10.5 Å². The van der Waals surface area contributed by atoms with Crippen molar-refractivity contribution in [1.82, 2.24) is 4.98 Å². The topological polar surface area (TPSA) is 68.4 Å². The SMILES string of the molecule is NCCC1(c2cccc(O)n2)CCOC2(CCCC2)C1. The molecule has 4 heteroatoms. The van der Waals surface area contributed by atoms with Crippen LogP contribution < -0.4 is 5.73 Å². The number of aromatic nitrogens is 1. The Labute approximate surface area is 120 Å². The molecule has 1 aromatic rings.